The van der Waals surface area contributed by atoms with Gasteiger partial charge in [0.05, 0.1) is 12.2 Å². The second kappa shape index (κ2) is 10.1. The first-order valence-electron chi connectivity index (χ1n) is 10.4. The summed E-state index contributed by atoms with van der Waals surface area (Å²) in [6.07, 6.45) is 5.83. The van der Waals surface area contributed by atoms with Crippen molar-refractivity contribution in [3.8, 4) is 5.75 Å². The molecule has 1 N–H and O–H groups in total. The molecule has 0 bridgehead atoms. The highest BCUT2D eigenvalue weighted by atomic mass is 16.5. The molecule has 154 valence electrons. The SMILES string of the molecule is CCCCOC(=O)c1ccc(NC(=O)[C@@H](C)Oc2ccc3c(c2)CCCC3)cc1. The number of ether oxygens (including phenoxy) is 2. The summed E-state index contributed by atoms with van der Waals surface area (Å²) in [6.45, 7) is 4.20. The zero-order valence-electron chi connectivity index (χ0n) is 17.2. The summed E-state index contributed by atoms with van der Waals surface area (Å²) in [4.78, 5) is 24.4. The summed E-state index contributed by atoms with van der Waals surface area (Å²) in [5, 5.41) is 2.83. The Morgan fingerprint density at radius 1 is 1.03 bits per heavy atom. The van der Waals surface area contributed by atoms with Crippen LogP contribution in [0.2, 0.25) is 0 Å². The van der Waals surface area contributed by atoms with Gasteiger partial charge in [-0.2, -0.15) is 0 Å². The van der Waals surface area contributed by atoms with E-state index in [9.17, 15) is 9.59 Å². The molecule has 29 heavy (non-hydrogen) atoms. The largest absolute Gasteiger partial charge is 0.481 e. The number of carbonyl (C=O) groups excluding carboxylic acids is 2. The number of benzene rings is 2. The highest BCUT2D eigenvalue weighted by Crippen LogP contribution is 2.26. The quantitative estimate of drug-likeness (QED) is 0.508. The summed E-state index contributed by atoms with van der Waals surface area (Å²) < 4.78 is 11.0. The van der Waals surface area contributed by atoms with Gasteiger partial charge < -0.3 is 14.8 Å². The van der Waals surface area contributed by atoms with Crippen LogP contribution in [0.15, 0.2) is 42.5 Å². The zero-order chi connectivity index (χ0) is 20.6. The Hall–Kier alpha value is -2.82. The summed E-state index contributed by atoms with van der Waals surface area (Å²) in [7, 11) is 0. The molecule has 5 heteroatoms. The average Bonchev–Trinajstić information content (AvgIpc) is 2.74. The number of anilines is 1. The monoisotopic (exact) mass is 395 g/mol. The van der Waals surface area contributed by atoms with Crippen LogP contribution in [0.5, 0.6) is 5.75 Å². The van der Waals surface area contributed by atoms with Gasteiger partial charge in [0.15, 0.2) is 6.10 Å². The van der Waals surface area contributed by atoms with Gasteiger partial charge in [-0.05, 0) is 86.6 Å². The van der Waals surface area contributed by atoms with Gasteiger partial charge in [0.25, 0.3) is 5.91 Å². The lowest BCUT2D eigenvalue weighted by molar-refractivity contribution is -0.122. The number of fused-ring (bicyclic) bond motifs is 1. The maximum atomic E-state index is 12.5. The number of aryl methyl sites for hydroxylation is 2. The van der Waals surface area contributed by atoms with Crippen molar-refractivity contribution in [2.24, 2.45) is 0 Å². The van der Waals surface area contributed by atoms with Gasteiger partial charge in [0.1, 0.15) is 5.75 Å². The van der Waals surface area contributed by atoms with Gasteiger partial charge in [-0.15, -0.1) is 0 Å². The Morgan fingerprint density at radius 2 is 1.76 bits per heavy atom. The van der Waals surface area contributed by atoms with Gasteiger partial charge in [0, 0.05) is 5.69 Å². The first kappa shape index (κ1) is 20.9. The fraction of sp³-hybridized carbons (Fsp3) is 0.417. The molecule has 0 radical (unpaired) electrons. The highest BCUT2D eigenvalue weighted by Gasteiger charge is 2.17. The van der Waals surface area contributed by atoms with Crippen LogP contribution < -0.4 is 10.1 Å². The van der Waals surface area contributed by atoms with Crippen LogP contribution in [0, 0.1) is 0 Å². The third kappa shape index (κ3) is 5.83. The van der Waals surface area contributed by atoms with E-state index in [-0.39, 0.29) is 11.9 Å². The van der Waals surface area contributed by atoms with Gasteiger partial charge in [-0.3, -0.25) is 4.79 Å². The lowest BCUT2D eigenvalue weighted by atomic mass is 9.92. The van der Waals surface area contributed by atoms with Crippen LogP contribution in [0.4, 0.5) is 5.69 Å². The van der Waals surface area contributed by atoms with E-state index in [1.807, 2.05) is 13.0 Å². The van der Waals surface area contributed by atoms with Crippen LogP contribution in [0.25, 0.3) is 0 Å². The van der Waals surface area contributed by atoms with Gasteiger partial charge >= 0.3 is 5.97 Å². The van der Waals surface area contributed by atoms with E-state index < -0.39 is 6.10 Å². The molecule has 0 heterocycles. The number of nitrogens with one attached hydrogen (secondary N) is 1. The zero-order valence-corrected chi connectivity index (χ0v) is 17.2. The maximum absolute atomic E-state index is 12.5. The molecule has 0 fully saturated rings. The molecule has 1 atom stereocenters. The lowest BCUT2D eigenvalue weighted by Crippen LogP contribution is -2.30. The third-order valence-corrected chi connectivity index (χ3v) is 5.12. The summed E-state index contributed by atoms with van der Waals surface area (Å²) >= 11 is 0. The van der Waals surface area contributed by atoms with Crippen molar-refractivity contribution in [2.75, 3.05) is 11.9 Å². The van der Waals surface area contributed by atoms with E-state index in [2.05, 4.69) is 17.4 Å². The Labute approximate surface area is 172 Å². The first-order chi connectivity index (χ1) is 14.1. The van der Waals surface area contributed by atoms with Crippen molar-refractivity contribution in [2.45, 2.75) is 58.5 Å². The van der Waals surface area contributed by atoms with Crippen molar-refractivity contribution in [1.82, 2.24) is 0 Å². The normalized spacial score (nSPS) is 13.9. The maximum Gasteiger partial charge on any atom is 0.338 e. The van der Waals surface area contributed by atoms with E-state index in [0.717, 1.165) is 31.4 Å². The molecule has 2 aromatic rings. The van der Waals surface area contributed by atoms with E-state index in [4.69, 9.17) is 9.47 Å². The molecule has 0 aliphatic heterocycles. The number of hydrogen-bond acceptors (Lipinski definition) is 4. The Bertz CT molecular complexity index is 844. The highest BCUT2D eigenvalue weighted by molar-refractivity contribution is 5.95. The van der Waals surface area contributed by atoms with Crippen molar-refractivity contribution in [3.05, 3.63) is 59.2 Å². The molecule has 0 saturated carbocycles. The Morgan fingerprint density at radius 3 is 2.48 bits per heavy atom. The lowest BCUT2D eigenvalue weighted by Gasteiger charge is -2.19. The summed E-state index contributed by atoms with van der Waals surface area (Å²) in [5.74, 6) is 0.139. The standard InChI is InChI=1S/C24H29NO4/c1-3-4-15-28-24(27)19-9-12-21(13-10-19)25-23(26)17(2)29-22-14-11-18-7-5-6-8-20(18)16-22/h9-14,16-17H,3-8,15H2,1-2H3,(H,25,26)/t17-/m1/s1. The molecule has 1 amide bonds. The van der Waals surface area contributed by atoms with E-state index in [1.54, 1.807) is 31.2 Å². The molecular formula is C24H29NO4. The number of esters is 1. The molecular weight excluding hydrogens is 366 g/mol. The van der Waals surface area contributed by atoms with Gasteiger partial charge in [-0.1, -0.05) is 19.4 Å². The number of hydrogen-bond donors (Lipinski definition) is 1. The molecule has 0 aromatic heterocycles. The van der Waals surface area contributed by atoms with Crippen LogP contribution in [0.3, 0.4) is 0 Å². The van der Waals surface area contributed by atoms with E-state index in [1.165, 1.54) is 24.0 Å². The first-order valence-corrected chi connectivity index (χ1v) is 10.4. The fourth-order valence-electron chi connectivity index (χ4n) is 3.37. The van der Waals surface area contributed by atoms with Crippen LogP contribution in [-0.2, 0) is 22.4 Å². The number of carbonyl (C=O) groups is 2. The molecule has 3 rings (SSSR count). The predicted octanol–water partition coefficient (Wildman–Crippen LogP) is 4.93. The van der Waals surface area contributed by atoms with E-state index >= 15 is 0 Å². The van der Waals surface area contributed by atoms with Crippen molar-refractivity contribution in [3.63, 3.8) is 0 Å². The summed E-state index contributed by atoms with van der Waals surface area (Å²) in [5.41, 5.74) is 3.79. The second-order valence-electron chi connectivity index (χ2n) is 7.45. The molecule has 0 spiro atoms. The van der Waals surface area contributed by atoms with Crippen molar-refractivity contribution in [1.29, 1.82) is 0 Å². The molecule has 1 aliphatic carbocycles. The predicted molar refractivity (Wildman–Crippen MR) is 113 cm³/mol. The number of rotatable bonds is 8. The van der Waals surface area contributed by atoms with Crippen molar-refractivity contribution < 1.29 is 19.1 Å². The molecule has 2 aromatic carbocycles. The molecule has 1 aliphatic rings. The third-order valence-electron chi connectivity index (χ3n) is 5.12. The average molecular weight is 395 g/mol. The van der Waals surface area contributed by atoms with E-state index in [0.29, 0.717) is 17.9 Å². The minimum atomic E-state index is -0.629. The van der Waals surface area contributed by atoms with Crippen LogP contribution in [0.1, 0.15) is 61.0 Å². The van der Waals surface area contributed by atoms with Crippen LogP contribution in [-0.4, -0.2) is 24.6 Å². The van der Waals surface area contributed by atoms with Gasteiger partial charge in [0.2, 0.25) is 0 Å². The molecule has 0 saturated heterocycles. The molecule has 0 unspecified atom stereocenters. The topological polar surface area (TPSA) is 64.6 Å². The second-order valence-corrected chi connectivity index (χ2v) is 7.45. The Kier molecular flexibility index (Phi) is 7.28. The van der Waals surface area contributed by atoms with Gasteiger partial charge in [-0.25, -0.2) is 4.79 Å². The fourth-order valence-corrected chi connectivity index (χ4v) is 3.37. The smallest absolute Gasteiger partial charge is 0.338 e. The summed E-state index contributed by atoms with van der Waals surface area (Å²) in [6, 6.07) is 12.8. The Balaban J connectivity index is 1.53. The van der Waals surface area contributed by atoms with Crippen LogP contribution >= 0.6 is 0 Å². The van der Waals surface area contributed by atoms with Crippen molar-refractivity contribution >= 4 is 17.6 Å². The number of unbranched alkanes of at least 4 members (excludes halogenated alkanes) is 1. The molecule has 5 nitrogen and oxygen atoms in total. The minimum absolute atomic E-state index is 0.235. The number of amides is 1. The minimum Gasteiger partial charge on any atom is -0.481 e.